The predicted molar refractivity (Wildman–Crippen MR) is 112 cm³/mol. The summed E-state index contributed by atoms with van der Waals surface area (Å²) in [5, 5.41) is 14.2. The summed E-state index contributed by atoms with van der Waals surface area (Å²) >= 11 is 1.68. The molecule has 3 atom stereocenters. The molecule has 0 radical (unpaired) electrons. The molecule has 6 heteroatoms. The number of aromatic nitrogens is 2. The number of carbonyl (C=O) groups is 1. The zero-order valence-electron chi connectivity index (χ0n) is 15.7. The van der Waals surface area contributed by atoms with Crippen LogP contribution in [-0.4, -0.2) is 27.1 Å². The molecule has 5 rings (SSSR count). The standard InChI is InChI=1S/C22H21N3O2S/c1-12(2)19-20(15-10-28-18-6-4-3-5-14(15)18)25(22(27)21(19)26)13-7-8-16-17(9-13)24-11-23-16/h3-12,19-21,26H,1-2H3,(H,23,24). The molecule has 5 nitrogen and oxygen atoms in total. The van der Waals surface area contributed by atoms with E-state index in [1.807, 2.05) is 30.3 Å². The molecule has 1 amide bonds. The molecule has 142 valence electrons. The van der Waals surface area contributed by atoms with Gasteiger partial charge in [0.1, 0.15) is 6.10 Å². The molecule has 2 aromatic heterocycles. The highest BCUT2D eigenvalue weighted by Gasteiger charge is 2.50. The molecular weight excluding hydrogens is 370 g/mol. The highest BCUT2D eigenvalue weighted by molar-refractivity contribution is 7.17. The number of carbonyl (C=O) groups excluding carboxylic acids is 1. The minimum absolute atomic E-state index is 0.156. The fourth-order valence-electron chi connectivity index (χ4n) is 4.45. The normalized spacial score (nSPS) is 22.8. The van der Waals surface area contributed by atoms with Crippen molar-refractivity contribution in [2.45, 2.75) is 26.0 Å². The summed E-state index contributed by atoms with van der Waals surface area (Å²) in [6, 6.07) is 13.8. The van der Waals surface area contributed by atoms with Gasteiger partial charge in [0, 0.05) is 16.3 Å². The van der Waals surface area contributed by atoms with E-state index >= 15 is 0 Å². The van der Waals surface area contributed by atoms with E-state index < -0.39 is 6.10 Å². The minimum Gasteiger partial charge on any atom is -0.383 e. The molecule has 1 fully saturated rings. The smallest absolute Gasteiger partial charge is 0.256 e. The Morgan fingerprint density at radius 1 is 1.21 bits per heavy atom. The molecule has 2 aromatic carbocycles. The number of hydrogen-bond acceptors (Lipinski definition) is 4. The summed E-state index contributed by atoms with van der Waals surface area (Å²) < 4.78 is 1.19. The molecule has 28 heavy (non-hydrogen) atoms. The fourth-order valence-corrected chi connectivity index (χ4v) is 5.44. The number of fused-ring (bicyclic) bond motifs is 2. The number of aromatic amines is 1. The van der Waals surface area contributed by atoms with Gasteiger partial charge in [-0.15, -0.1) is 11.3 Å². The Morgan fingerprint density at radius 2 is 2.04 bits per heavy atom. The van der Waals surface area contributed by atoms with Crippen LogP contribution in [0.25, 0.3) is 21.1 Å². The molecule has 0 aliphatic carbocycles. The van der Waals surface area contributed by atoms with Crippen molar-refractivity contribution in [2.24, 2.45) is 11.8 Å². The summed E-state index contributed by atoms with van der Waals surface area (Å²) in [6.45, 7) is 4.15. The number of imidazole rings is 1. The van der Waals surface area contributed by atoms with Gasteiger partial charge in [0.15, 0.2) is 0 Å². The van der Waals surface area contributed by atoms with Gasteiger partial charge in [-0.3, -0.25) is 4.79 Å². The Morgan fingerprint density at radius 3 is 2.86 bits per heavy atom. The molecular formula is C22H21N3O2S. The lowest BCUT2D eigenvalue weighted by Crippen LogP contribution is -2.30. The lowest BCUT2D eigenvalue weighted by Gasteiger charge is -2.30. The van der Waals surface area contributed by atoms with Crippen LogP contribution in [0.1, 0.15) is 25.5 Å². The van der Waals surface area contributed by atoms with E-state index in [4.69, 9.17) is 0 Å². The summed E-state index contributed by atoms with van der Waals surface area (Å²) in [5.41, 5.74) is 3.62. The van der Waals surface area contributed by atoms with Crippen LogP contribution in [-0.2, 0) is 4.79 Å². The fraction of sp³-hybridized carbons (Fsp3) is 0.273. The third-order valence-corrected chi connectivity index (χ3v) is 6.76. The Kier molecular flexibility index (Phi) is 4.00. The number of aliphatic hydroxyl groups excluding tert-OH is 1. The molecule has 3 unspecified atom stereocenters. The van der Waals surface area contributed by atoms with Gasteiger partial charge in [0.25, 0.3) is 5.91 Å². The molecule has 4 aromatic rings. The summed E-state index contributed by atoms with van der Waals surface area (Å²) in [4.78, 5) is 22.4. The number of nitrogens with one attached hydrogen (secondary N) is 1. The first-order valence-corrected chi connectivity index (χ1v) is 10.3. The maximum Gasteiger partial charge on any atom is 0.256 e. The van der Waals surface area contributed by atoms with Crippen molar-refractivity contribution in [3.8, 4) is 0 Å². The summed E-state index contributed by atoms with van der Waals surface area (Å²) in [6.07, 6.45) is 0.636. The lowest BCUT2D eigenvalue weighted by molar-refractivity contribution is -0.125. The Balaban J connectivity index is 1.71. The van der Waals surface area contributed by atoms with Crippen molar-refractivity contribution < 1.29 is 9.90 Å². The number of aliphatic hydroxyl groups is 1. The summed E-state index contributed by atoms with van der Waals surface area (Å²) in [7, 11) is 0. The van der Waals surface area contributed by atoms with E-state index in [9.17, 15) is 9.90 Å². The number of amides is 1. The van der Waals surface area contributed by atoms with Gasteiger partial charge >= 0.3 is 0 Å². The monoisotopic (exact) mass is 391 g/mol. The number of nitrogens with zero attached hydrogens (tertiary/aromatic N) is 2. The van der Waals surface area contributed by atoms with Gasteiger partial charge in [-0.25, -0.2) is 4.98 Å². The van der Waals surface area contributed by atoms with Gasteiger partial charge in [-0.2, -0.15) is 0 Å². The van der Waals surface area contributed by atoms with Crippen LogP contribution in [0, 0.1) is 11.8 Å². The van der Waals surface area contributed by atoms with Crippen LogP contribution < -0.4 is 4.90 Å². The van der Waals surface area contributed by atoms with Crippen molar-refractivity contribution >= 4 is 44.1 Å². The maximum atomic E-state index is 13.2. The Labute approximate surface area is 166 Å². The van der Waals surface area contributed by atoms with Crippen LogP contribution in [0.4, 0.5) is 5.69 Å². The molecule has 3 heterocycles. The molecule has 1 saturated heterocycles. The third kappa shape index (κ3) is 2.48. The number of rotatable bonds is 3. The Hall–Kier alpha value is -2.70. The first-order valence-electron chi connectivity index (χ1n) is 9.46. The highest BCUT2D eigenvalue weighted by atomic mass is 32.1. The number of anilines is 1. The average Bonchev–Trinajstić information content (AvgIpc) is 3.38. The second kappa shape index (κ2) is 6.43. The summed E-state index contributed by atoms with van der Waals surface area (Å²) in [5.74, 6) is -0.260. The quantitative estimate of drug-likeness (QED) is 0.540. The van der Waals surface area contributed by atoms with Crippen molar-refractivity contribution in [1.29, 1.82) is 0 Å². The van der Waals surface area contributed by atoms with Crippen molar-refractivity contribution in [3.63, 3.8) is 0 Å². The maximum absolute atomic E-state index is 13.2. The van der Waals surface area contributed by atoms with E-state index in [0.29, 0.717) is 0 Å². The molecule has 2 N–H and O–H groups in total. The van der Waals surface area contributed by atoms with Gasteiger partial charge in [0.05, 0.1) is 23.4 Å². The zero-order chi connectivity index (χ0) is 19.4. The van der Waals surface area contributed by atoms with Gasteiger partial charge < -0.3 is 15.0 Å². The Bertz CT molecular complexity index is 1180. The number of hydrogen-bond donors (Lipinski definition) is 2. The van der Waals surface area contributed by atoms with E-state index in [0.717, 1.165) is 27.7 Å². The largest absolute Gasteiger partial charge is 0.383 e. The predicted octanol–water partition coefficient (Wildman–Crippen LogP) is 4.50. The van der Waals surface area contributed by atoms with Crippen molar-refractivity contribution in [1.82, 2.24) is 9.97 Å². The zero-order valence-corrected chi connectivity index (χ0v) is 16.5. The SMILES string of the molecule is CC(C)C1C(O)C(=O)N(c2ccc3nc[nH]c3c2)C1c1csc2ccccc12. The molecule has 0 bridgehead atoms. The average molecular weight is 391 g/mol. The lowest BCUT2D eigenvalue weighted by atomic mass is 9.83. The van der Waals surface area contributed by atoms with Gasteiger partial charge in [-0.1, -0.05) is 32.0 Å². The van der Waals surface area contributed by atoms with E-state index in [-0.39, 0.29) is 23.8 Å². The molecule has 0 saturated carbocycles. The third-order valence-electron chi connectivity index (χ3n) is 5.78. The van der Waals surface area contributed by atoms with E-state index in [1.165, 1.54) is 4.70 Å². The molecule has 1 aliphatic rings. The number of H-pyrrole nitrogens is 1. The minimum atomic E-state index is -1.01. The van der Waals surface area contributed by atoms with Crippen LogP contribution in [0.3, 0.4) is 0 Å². The molecule has 0 spiro atoms. The van der Waals surface area contributed by atoms with Gasteiger partial charge in [-0.05, 0) is 46.5 Å². The van der Waals surface area contributed by atoms with Crippen molar-refractivity contribution in [2.75, 3.05) is 4.90 Å². The van der Waals surface area contributed by atoms with Gasteiger partial charge in [0.2, 0.25) is 0 Å². The molecule has 1 aliphatic heterocycles. The second-order valence-corrected chi connectivity index (χ2v) is 8.62. The van der Waals surface area contributed by atoms with Crippen LogP contribution >= 0.6 is 11.3 Å². The van der Waals surface area contributed by atoms with E-state index in [2.05, 4.69) is 41.3 Å². The number of thiophene rings is 1. The van der Waals surface area contributed by atoms with Crippen LogP contribution in [0.15, 0.2) is 54.2 Å². The second-order valence-electron chi connectivity index (χ2n) is 7.71. The first kappa shape index (κ1) is 17.4. The number of benzene rings is 2. The van der Waals surface area contributed by atoms with Crippen LogP contribution in [0.2, 0.25) is 0 Å². The topological polar surface area (TPSA) is 69.2 Å². The van der Waals surface area contributed by atoms with Crippen LogP contribution in [0.5, 0.6) is 0 Å². The van der Waals surface area contributed by atoms with E-state index in [1.54, 1.807) is 22.6 Å². The first-order chi connectivity index (χ1) is 13.6. The highest BCUT2D eigenvalue weighted by Crippen LogP contribution is 2.48. The van der Waals surface area contributed by atoms with Crippen molar-refractivity contribution in [3.05, 3.63) is 59.7 Å².